The third-order valence-electron chi connectivity index (χ3n) is 11.3. The molecule has 4 aliphatic rings. The van der Waals surface area contributed by atoms with Gasteiger partial charge < -0.3 is 24.5 Å². The third kappa shape index (κ3) is 5.88. The summed E-state index contributed by atoms with van der Waals surface area (Å²) in [5.41, 5.74) is 2.67. The van der Waals surface area contributed by atoms with E-state index in [4.69, 9.17) is 14.5 Å². The van der Waals surface area contributed by atoms with Crippen molar-refractivity contribution >= 4 is 46.3 Å². The van der Waals surface area contributed by atoms with Crippen molar-refractivity contribution in [3.05, 3.63) is 98.9 Å². The van der Waals surface area contributed by atoms with Crippen LogP contribution in [-0.4, -0.2) is 55.8 Å². The molecule has 1 saturated carbocycles. The lowest BCUT2D eigenvalue weighted by molar-refractivity contribution is -0.172. The van der Waals surface area contributed by atoms with E-state index in [-0.39, 0.29) is 65.8 Å². The zero-order chi connectivity index (χ0) is 37.9. The van der Waals surface area contributed by atoms with E-state index >= 15 is 0 Å². The normalized spacial score (nSPS) is 21.5. The largest absolute Gasteiger partial charge is 0.458 e. The lowest BCUT2D eigenvalue weighted by atomic mass is 9.81. The second-order valence-electron chi connectivity index (χ2n) is 14.3. The highest BCUT2D eigenvalue weighted by atomic mass is 16.6. The van der Waals surface area contributed by atoms with E-state index in [1.807, 2.05) is 6.92 Å². The molecule has 8 rings (SSSR count). The molecule has 0 saturated heterocycles. The number of aryl methyl sites for hydroxylation is 1. The number of cyclic esters (lactones) is 1. The standard InChI is InChI=1S/C41H38N4O9/c1-3-27-28-17-26(13-14-32(28)43-36-29(27)20-44-33(36)18-31-30(38(44)49)21-53-40(51)41(31,52)4-2)54-39(50)24-9-11-25(12-10-24)42-37(48)23-7-5-22(6-8-23)19-45-34(46)15-16-35(45)47/h9-18,22-23,52H,3-8,19-21H2,1-2H3,(H,42,48)/t22?,23?,41-/m0/s1. The number of hydrogen-bond donors (Lipinski definition) is 2. The number of nitrogens with one attached hydrogen (secondary N) is 1. The van der Waals surface area contributed by atoms with E-state index in [0.717, 1.165) is 29.4 Å². The molecule has 4 aromatic rings. The van der Waals surface area contributed by atoms with Gasteiger partial charge in [-0.25, -0.2) is 14.6 Å². The van der Waals surface area contributed by atoms with Crippen molar-refractivity contribution < 1.29 is 38.6 Å². The summed E-state index contributed by atoms with van der Waals surface area (Å²) in [6.45, 7) is 4.09. The fourth-order valence-corrected chi connectivity index (χ4v) is 8.18. The lowest BCUT2D eigenvalue weighted by Crippen LogP contribution is -2.44. The van der Waals surface area contributed by atoms with E-state index < -0.39 is 17.5 Å². The Balaban J connectivity index is 0.944. The van der Waals surface area contributed by atoms with Crippen LogP contribution in [0.4, 0.5) is 5.69 Å². The van der Waals surface area contributed by atoms with Gasteiger partial charge in [0, 0.05) is 46.8 Å². The minimum Gasteiger partial charge on any atom is -0.458 e. The summed E-state index contributed by atoms with van der Waals surface area (Å²) in [6, 6.07) is 13.3. The number of nitrogens with zero attached hydrogens (tertiary/aromatic N) is 3. The van der Waals surface area contributed by atoms with Crippen molar-refractivity contribution in [1.82, 2.24) is 14.5 Å². The number of pyridine rings is 2. The number of rotatable bonds is 8. The van der Waals surface area contributed by atoms with Crippen LogP contribution in [0.25, 0.3) is 22.3 Å². The second kappa shape index (κ2) is 13.5. The van der Waals surface area contributed by atoms with Crippen LogP contribution >= 0.6 is 0 Å². The highest BCUT2D eigenvalue weighted by Crippen LogP contribution is 2.41. The third-order valence-corrected chi connectivity index (χ3v) is 11.3. The summed E-state index contributed by atoms with van der Waals surface area (Å²) in [5.74, 6) is -1.73. The van der Waals surface area contributed by atoms with E-state index in [0.29, 0.717) is 59.7 Å². The highest BCUT2D eigenvalue weighted by molar-refractivity contribution is 6.12. The molecule has 5 heterocycles. The van der Waals surface area contributed by atoms with Gasteiger partial charge in [0.25, 0.3) is 17.4 Å². The Morgan fingerprint density at radius 3 is 2.37 bits per heavy atom. The Hall–Kier alpha value is -5.95. The number of esters is 2. The smallest absolute Gasteiger partial charge is 0.343 e. The van der Waals surface area contributed by atoms with Gasteiger partial charge in [0.05, 0.1) is 34.6 Å². The predicted octanol–water partition coefficient (Wildman–Crippen LogP) is 4.53. The van der Waals surface area contributed by atoms with Crippen molar-refractivity contribution in [2.75, 3.05) is 11.9 Å². The van der Waals surface area contributed by atoms with Crippen LogP contribution in [0.2, 0.25) is 0 Å². The Kier molecular flexibility index (Phi) is 8.76. The molecule has 0 bridgehead atoms. The number of aromatic nitrogens is 2. The van der Waals surface area contributed by atoms with Crippen LogP contribution in [0, 0.1) is 11.8 Å². The van der Waals surface area contributed by atoms with Gasteiger partial charge in [0.1, 0.15) is 12.4 Å². The topological polar surface area (TPSA) is 174 Å². The first-order valence-corrected chi connectivity index (χ1v) is 18.3. The van der Waals surface area contributed by atoms with Gasteiger partial charge in [-0.3, -0.25) is 24.1 Å². The molecule has 2 aromatic carbocycles. The zero-order valence-electron chi connectivity index (χ0n) is 29.8. The van der Waals surface area contributed by atoms with E-state index in [1.54, 1.807) is 60.0 Å². The molecule has 3 amide bonds. The molecule has 1 fully saturated rings. The first kappa shape index (κ1) is 35.1. The van der Waals surface area contributed by atoms with Crippen LogP contribution in [0.15, 0.2) is 65.5 Å². The van der Waals surface area contributed by atoms with Crippen LogP contribution in [-0.2, 0) is 49.1 Å². The fraction of sp³-hybridized carbons (Fsp3) is 0.341. The van der Waals surface area contributed by atoms with Crippen molar-refractivity contribution in [3.8, 4) is 17.1 Å². The summed E-state index contributed by atoms with van der Waals surface area (Å²) in [5, 5.41) is 14.9. The molecule has 0 unspecified atom stereocenters. The SMILES string of the molecule is CCc1c2c(nc3ccc(OC(=O)c4ccc(NC(=O)C5CCC(CN6C(=O)C=CC6=O)CC5)cc4)cc13)-c1cc3c(c(=O)n1C2)COC(=O)[C@]3(O)CC. The molecule has 54 heavy (non-hydrogen) atoms. The summed E-state index contributed by atoms with van der Waals surface area (Å²) < 4.78 is 12.6. The van der Waals surface area contributed by atoms with Crippen molar-refractivity contribution in [1.29, 1.82) is 0 Å². The number of anilines is 1. The molecule has 0 spiro atoms. The highest BCUT2D eigenvalue weighted by Gasteiger charge is 2.45. The van der Waals surface area contributed by atoms with Gasteiger partial charge in [-0.15, -0.1) is 0 Å². The van der Waals surface area contributed by atoms with Gasteiger partial charge in [-0.1, -0.05) is 13.8 Å². The van der Waals surface area contributed by atoms with Gasteiger partial charge >= 0.3 is 11.9 Å². The molecule has 2 aromatic heterocycles. The van der Waals surface area contributed by atoms with Crippen molar-refractivity contribution in [3.63, 3.8) is 0 Å². The predicted molar refractivity (Wildman–Crippen MR) is 195 cm³/mol. The van der Waals surface area contributed by atoms with Crippen LogP contribution < -0.4 is 15.6 Å². The first-order chi connectivity index (χ1) is 26.0. The van der Waals surface area contributed by atoms with Gasteiger partial charge in [-0.2, -0.15) is 0 Å². The number of amides is 3. The molecular formula is C41H38N4O9. The van der Waals surface area contributed by atoms with Crippen molar-refractivity contribution in [2.24, 2.45) is 11.8 Å². The fourth-order valence-electron chi connectivity index (χ4n) is 8.18. The number of carbonyl (C=O) groups excluding carboxylic acids is 5. The first-order valence-electron chi connectivity index (χ1n) is 18.3. The van der Waals surface area contributed by atoms with Gasteiger partial charge in [-0.05, 0) is 98.5 Å². The Bertz CT molecular complexity index is 2350. The van der Waals surface area contributed by atoms with E-state index in [9.17, 15) is 33.9 Å². The molecule has 13 nitrogen and oxygen atoms in total. The maximum absolute atomic E-state index is 13.6. The van der Waals surface area contributed by atoms with E-state index in [2.05, 4.69) is 5.32 Å². The molecule has 1 aliphatic carbocycles. The average Bonchev–Trinajstić information content (AvgIpc) is 3.70. The summed E-state index contributed by atoms with van der Waals surface area (Å²) in [7, 11) is 0. The minimum atomic E-state index is -1.91. The molecular weight excluding hydrogens is 692 g/mol. The number of carbonyl (C=O) groups is 5. The monoisotopic (exact) mass is 730 g/mol. The Morgan fingerprint density at radius 1 is 0.963 bits per heavy atom. The summed E-state index contributed by atoms with van der Waals surface area (Å²) in [6.07, 6.45) is 6.03. The molecule has 13 heteroatoms. The van der Waals surface area contributed by atoms with Crippen LogP contribution in [0.1, 0.15) is 78.6 Å². The summed E-state index contributed by atoms with van der Waals surface area (Å²) in [4.78, 5) is 82.4. The Morgan fingerprint density at radius 2 is 1.69 bits per heavy atom. The van der Waals surface area contributed by atoms with E-state index in [1.165, 1.54) is 17.1 Å². The minimum absolute atomic E-state index is 0.0546. The quantitative estimate of drug-likeness (QED) is 0.131. The maximum atomic E-state index is 13.6. The number of aliphatic hydroxyl groups is 1. The van der Waals surface area contributed by atoms with Gasteiger partial charge in [0.2, 0.25) is 5.91 Å². The second-order valence-corrected chi connectivity index (χ2v) is 14.3. The number of fused-ring (bicyclic) bond motifs is 5. The molecule has 0 radical (unpaired) electrons. The number of imide groups is 1. The van der Waals surface area contributed by atoms with Crippen molar-refractivity contribution in [2.45, 2.75) is 71.1 Å². The Labute approximate surface area is 309 Å². The molecule has 1 atom stereocenters. The van der Waals surface area contributed by atoms with Crippen LogP contribution in [0.5, 0.6) is 5.75 Å². The number of benzene rings is 2. The van der Waals surface area contributed by atoms with Crippen LogP contribution in [0.3, 0.4) is 0 Å². The molecule has 276 valence electrons. The average molecular weight is 731 g/mol. The molecule has 2 N–H and O–H groups in total. The maximum Gasteiger partial charge on any atom is 0.343 e. The number of ether oxygens (including phenoxy) is 2. The lowest BCUT2D eigenvalue weighted by Gasteiger charge is -2.31. The summed E-state index contributed by atoms with van der Waals surface area (Å²) >= 11 is 0. The zero-order valence-corrected chi connectivity index (χ0v) is 29.8. The number of hydrogen-bond acceptors (Lipinski definition) is 10. The van der Waals surface area contributed by atoms with Gasteiger partial charge in [0.15, 0.2) is 5.60 Å². The molecule has 3 aliphatic heterocycles.